The van der Waals surface area contributed by atoms with Crippen molar-refractivity contribution in [3.8, 4) is 0 Å². The number of hydrogen-bond acceptors (Lipinski definition) is 3. The summed E-state index contributed by atoms with van der Waals surface area (Å²) in [6, 6.07) is 6.75. The molecule has 0 aliphatic carbocycles. The number of nitrogens with one attached hydrogen (secondary N) is 2. The van der Waals surface area contributed by atoms with E-state index in [1.54, 1.807) is 31.2 Å². The Balaban J connectivity index is 2.87. The molecule has 0 bridgehead atoms. The summed E-state index contributed by atoms with van der Waals surface area (Å²) in [4.78, 5) is 23.7. The van der Waals surface area contributed by atoms with E-state index < -0.39 is 11.4 Å². The second-order valence-electron chi connectivity index (χ2n) is 4.75. The third-order valence-corrected chi connectivity index (χ3v) is 3.35. The van der Waals surface area contributed by atoms with Crippen LogP contribution < -0.4 is 16.4 Å². The molecule has 0 radical (unpaired) electrons. The van der Waals surface area contributed by atoms with Crippen molar-refractivity contribution in [2.24, 2.45) is 5.73 Å². The fourth-order valence-electron chi connectivity index (χ4n) is 1.84. The lowest BCUT2D eigenvalue weighted by Gasteiger charge is -2.28. The van der Waals surface area contributed by atoms with Gasteiger partial charge in [0.1, 0.15) is 5.54 Å². The van der Waals surface area contributed by atoms with Crippen molar-refractivity contribution in [3.63, 3.8) is 0 Å². The standard InChI is InChI=1S/C14H20ClN3O2/c1-14(13(16)20,10-5-3-6-11(15)9-10)18-12(19)7-4-8-17-2/h3,5-6,9,17H,4,7-8H2,1-2H3,(H2,16,20)(H,18,19). The van der Waals surface area contributed by atoms with E-state index in [0.29, 0.717) is 23.4 Å². The van der Waals surface area contributed by atoms with E-state index in [1.807, 2.05) is 7.05 Å². The molecule has 0 spiro atoms. The molecule has 1 rings (SSSR count). The lowest BCUT2D eigenvalue weighted by Crippen LogP contribution is -2.52. The van der Waals surface area contributed by atoms with E-state index in [0.717, 1.165) is 6.54 Å². The molecule has 0 aliphatic heterocycles. The van der Waals surface area contributed by atoms with Gasteiger partial charge < -0.3 is 16.4 Å². The van der Waals surface area contributed by atoms with Crippen LogP contribution in [0.3, 0.4) is 0 Å². The van der Waals surface area contributed by atoms with Gasteiger partial charge in [0.25, 0.3) is 0 Å². The highest BCUT2D eigenvalue weighted by Gasteiger charge is 2.34. The zero-order chi connectivity index (χ0) is 15.2. The van der Waals surface area contributed by atoms with E-state index in [4.69, 9.17) is 17.3 Å². The third-order valence-electron chi connectivity index (χ3n) is 3.11. The summed E-state index contributed by atoms with van der Waals surface area (Å²) in [5.74, 6) is -0.844. The van der Waals surface area contributed by atoms with Gasteiger partial charge in [-0.25, -0.2) is 0 Å². The van der Waals surface area contributed by atoms with Crippen LogP contribution in [0.15, 0.2) is 24.3 Å². The normalized spacial score (nSPS) is 13.6. The minimum absolute atomic E-state index is 0.221. The van der Waals surface area contributed by atoms with Crippen LogP contribution in [0, 0.1) is 0 Å². The first kappa shape index (κ1) is 16.5. The smallest absolute Gasteiger partial charge is 0.247 e. The van der Waals surface area contributed by atoms with Gasteiger partial charge in [0, 0.05) is 11.4 Å². The van der Waals surface area contributed by atoms with Crippen LogP contribution in [-0.2, 0) is 15.1 Å². The van der Waals surface area contributed by atoms with Gasteiger partial charge in [0.15, 0.2) is 0 Å². The molecule has 1 atom stereocenters. The predicted molar refractivity (Wildman–Crippen MR) is 79.3 cm³/mol. The van der Waals surface area contributed by atoms with Crippen LogP contribution in [-0.4, -0.2) is 25.4 Å². The summed E-state index contributed by atoms with van der Waals surface area (Å²) in [7, 11) is 1.82. The SMILES string of the molecule is CNCCCC(=O)NC(C)(C(N)=O)c1cccc(Cl)c1. The third kappa shape index (κ3) is 4.21. The predicted octanol–water partition coefficient (Wildman–Crippen LogP) is 1.16. The van der Waals surface area contributed by atoms with Gasteiger partial charge in [-0.1, -0.05) is 23.7 Å². The number of benzene rings is 1. The highest BCUT2D eigenvalue weighted by molar-refractivity contribution is 6.30. The lowest BCUT2D eigenvalue weighted by molar-refractivity contribution is -0.131. The Hall–Kier alpha value is -1.59. The molecule has 6 heteroatoms. The maximum atomic E-state index is 11.9. The Labute approximate surface area is 123 Å². The zero-order valence-electron chi connectivity index (χ0n) is 11.7. The molecule has 0 aromatic heterocycles. The average Bonchev–Trinajstić information content (AvgIpc) is 2.38. The Kier molecular flexibility index (Phi) is 5.98. The number of hydrogen-bond donors (Lipinski definition) is 3. The molecule has 0 aliphatic rings. The average molecular weight is 298 g/mol. The summed E-state index contributed by atoms with van der Waals surface area (Å²) < 4.78 is 0. The maximum Gasteiger partial charge on any atom is 0.247 e. The minimum Gasteiger partial charge on any atom is -0.367 e. The first-order valence-corrected chi connectivity index (χ1v) is 6.79. The second kappa shape index (κ2) is 7.26. The molecule has 1 aromatic carbocycles. The minimum atomic E-state index is -1.26. The number of carbonyl (C=O) groups excluding carboxylic acids is 2. The number of rotatable bonds is 7. The van der Waals surface area contributed by atoms with Gasteiger partial charge in [-0.05, 0) is 44.6 Å². The molecular weight excluding hydrogens is 278 g/mol. The largest absolute Gasteiger partial charge is 0.367 e. The number of nitrogens with two attached hydrogens (primary N) is 1. The van der Waals surface area contributed by atoms with E-state index in [-0.39, 0.29) is 5.91 Å². The van der Waals surface area contributed by atoms with Crippen molar-refractivity contribution in [2.75, 3.05) is 13.6 Å². The highest BCUT2D eigenvalue weighted by atomic mass is 35.5. The maximum absolute atomic E-state index is 11.9. The van der Waals surface area contributed by atoms with E-state index in [9.17, 15) is 9.59 Å². The van der Waals surface area contributed by atoms with E-state index >= 15 is 0 Å². The molecule has 0 saturated heterocycles. The molecule has 0 fully saturated rings. The van der Waals surface area contributed by atoms with Crippen LogP contribution in [0.5, 0.6) is 0 Å². The van der Waals surface area contributed by atoms with Gasteiger partial charge in [0.2, 0.25) is 11.8 Å². The Morgan fingerprint density at radius 2 is 2.10 bits per heavy atom. The summed E-state index contributed by atoms with van der Waals surface area (Å²) in [5.41, 5.74) is 4.75. The fourth-order valence-corrected chi connectivity index (χ4v) is 2.03. The van der Waals surface area contributed by atoms with Crippen molar-refractivity contribution < 1.29 is 9.59 Å². The van der Waals surface area contributed by atoms with Crippen molar-refractivity contribution in [1.29, 1.82) is 0 Å². The van der Waals surface area contributed by atoms with Crippen LogP contribution in [0.1, 0.15) is 25.3 Å². The van der Waals surface area contributed by atoms with Gasteiger partial charge in [-0.15, -0.1) is 0 Å². The molecule has 2 amide bonds. The molecule has 5 nitrogen and oxygen atoms in total. The fraction of sp³-hybridized carbons (Fsp3) is 0.429. The molecular formula is C14H20ClN3O2. The Morgan fingerprint density at radius 3 is 2.65 bits per heavy atom. The van der Waals surface area contributed by atoms with Gasteiger partial charge in [0.05, 0.1) is 0 Å². The summed E-state index contributed by atoms with van der Waals surface area (Å²) in [5, 5.41) is 6.14. The number of carbonyl (C=O) groups is 2. The monoisotopic (exact) mass is 297 g/mol. The van der Waals surface area contributed by atoms with Gasteiger partial charge in [-0.2, -0.15) is 0 Å². The van der Waals surface area contributed by atoms with Crippen molar-refractivity contribution in [2.45, 2.75) is 25.3 Å². The van der Waals surface area contributed by atoms with Crippen molar-refractivity contribution >= 4 is 23.4 Å². The summed E-state index contributed by atoms with van der Waals surface area (Å²) in [6.07, 6.45) is 1.01. The second-order valence-corrected chi connectivity index (χ2v) is 5.19. The highest BCUT2D eigenvalue weighted by Crippen LogP contribution is 2.23. The van der Waals surface area contributed by atoms with Crippen LogP contribution in [0.25, 0.3) is 0 Å². The number of primary amides is 1. The van der Waals surface area contributed by atoms with Gasteiger partial charge in [-0.3, -0.25) is 9.59 Å². The van der Waals surface area contributed by atoms with Crippen molar-refractivity contribution in [3.05, 3.63) is 34.9 Å². The molecule has 0 heterocycles. The molecule has 20 heavy (non-hydrogen) atoms. The first-order chi connectivity index (χ1) is 9.40. The number of halogens is 1. The first-order valence-electron chi connectivity index (χ1n) is 6.41. The van der Waals surface area contributed by atoms with Crippen LogP contribution in [0.4, 0.5) is 0 Å². The lowest BCUT2D eigenvalue weighted by atomic mass is 9.91. The summed E-state index contributed by atoms with van der Waals surface area (Å²) >= 11 is 5.92. The Morgan fingerprint density at radius 1 is 1.40 bits per heavy atom. The topological polar surface area (TPSA) is 84.2 Å². The molecule has 110 valence electrons. The quantitative estimate of drug-likeness (QED) is 0.660. The molecule has 1 aromatic rings. The zero-order valence-corrected chi connectivity index (χ0v) is 12.5. The molecule has 4 N–H and O–H groups in total. The van der Waals surface area contributed by atoms with E-state index in [2.05, 4.69) is 10.6 Å². The van der Waals surface area contributed by atoms with Crippen LogP contribution >= 0.6 is 11.6 Å². The van der Waals surface area contributed by atoms with Gasteiger partial charge >= 0.3 is 0 Å². The molecule has 1 unspecified atom stereocenters. The Bertz CT molecular complexity index is 493. The number of amides is 2. The summed E-state index contributed by atoms with van der Waals surface area (Å²) in [6.45, 7) is 2.31. The van der Waals surface area contributed by atoms with E-state index in [1.165, 1.54) is 0 Å². The van der Waals surface area contributed by atoms with Crippen LogP contribution in [0.2, 0.25) is 5.02 Å². The molecule has 0 saturated carbocycles. The van der Waals surface area contributed by atoms with Crippen molar-refractivity contribution in [1.82, 2.24) is 10.6 Å².